The molecule has 1 aromatic heterocycles. The van der Waals surface area contributed by atoms with E-state index < -0.39 is 36.1 Å². The van der Waals surface area contributed by atoms with Crippen LogP contribution in [0.1, 0.15) is 32.7 Å². The average Bonchev–Trinajstić information content (AvgIpc) is 3.06. The molecule has 6 bridgehead atoms. The van der Waals surface area contributed by atoms with Gasteiger partial charge in [0.15, 0.2) is 6.61 Å². The van der Waals surface area contributed by atoms with Crippen LogP contribution in [0.2, 0.25) is 0 Å². The molecule has 242 valence electrons. The number of carbonyl (C=O) groups is 3. The Bertz CT molecular complexity index is 1780. The third kappa shape index (κ3) is 7.98. The monoisotopic (exact) mass is 646 g/mol. The highest BCUT2D eigenvalue weighted by atomic mass is 19.4. The van der Waals surface area contributed by atoms with Gasteiger partial charge in [0.1, 0.15) is 23.4 Å². The number of likely N-dealkylation sites (tertiary alicyclic amines) is 1. The Balaban J connectivity index is 1.28. The van der Waals surface area contributed by atoms with Crippen molar-refractivity contribution in [1.29, 1.82) is 0 Å². The van der Waals surface area contributed by atoms with Gasteiger partial charge in [0.2, 0.25) is 0 Å². The van der Waals surface area contributed by atoms with Crippen molar-refractivity contribution in [3.8, 4) is 28.4 Å². The molecule has 0 saturated carbocycles. The SMILES string of the molecule is O=C1COc2cccc(c2)-c2cncc(c2)C(=O)N[C@@H]2CN(C(=O)c3cccc(OC(F)(F)F)c3)CC[C@@H]2Oc2ccc(cc2)CN1. The number of nitrogens with zero attached hydrogens (tertiary/aromatic N) is 2. The van der Waals surface area contributed by atoms with Gasteiger partial charge in [-0.2, -0.15) is 0 Å². The molecule has 4 heterocycles. The number of piperidine rings is 1. The largest absolute Gasteiger partial charge is 0.573 e. The predicted octanol–water partition coefficient (Wildman–Crippen LogP) is 4.75. The number of amides is 3. The van der Waals surface area contributed by atoms with Gasteiger partial charge in [-0.05, 0) is 59.7 Å². The Hall–Kier alpha value is -5.59. The molecule has 3 amide bonds. The fourth-order valence-corrected chi connectivity index (χ4v) is 5.40. The Morgan fingerprint density at radius 1 is 0.915 bits per heavy atom. The zero-order valence-electron chi connectivity index (χ0n) is 24.8. The molecule has 3 aliphatic rings. The highest BCUT2D eigenvalue weighted by Gasteiger charge is 2.36. The number of ether oxygens (including phenoxy) is 3. The maximum atomic E-state index is 13.6. The number of nitrogens with one attached hydrogen (secondary N) is 2. The van der Waals surface area contributed by atoms with E-state index in [1.807, 2.05) is 6.07 Å². The lowest BCUT2D eigenvalue weighted by Crippen LogP contribution is -2.58. The lowest BCUT2D eigenvalue weighted by Gasteiger charge is -2.39. The number of halogens is 3. The highest BCUT2D eigenvalue weighted by molar-refractivity contribution is 5.96. The van der Waals surface area contributed by atoms with Crippen LogP contribution in [0.25, 0.3) is 11.1 Å². The van der Waals surface area contributed by atoms with Gasteiger partial charge in [-0.15, -0.1) is 13.2 Å². The van der Waals surface area contributed by atoms with Crippen molar-refractivity contribution < 1.29 is 41.8 Å². The molecule has 4 aromatic rings. The molecule has 10 nitrogen and oxygen atoms in total. The first-order chi connectivity index (χ1) is 22.6. The Labute approximate surface area is 267 Å². The molecule has 0 spiro atoms. The highest BCUT2D eigenvalue weighted by Crippen LogP contribution is 2.27. The van der Waals surface area contributed by atoms with E-state index in [1.54, 1.807) is 54.7 Å². The quantitative estimate of drug-likeness (QED) is 0.323. The van der Waals surface area contributed by atoms with E-state index in [0.29, 0.717) is 29.0 Å². The van der Waals surface area contributed by atoms with Crippen molar-refractivity contribution in [2.24, 2.45) is 0 Å². The summed E-state index contributed by atoms with van der Waals surface area (Å²) in [5.41, 5.74) is 2.44. The summed E-state index contributed by atoms with van der Waals surface area (Å²) in [5, 5.41) is 5.81. The predicted molar refractivity (Wildman–Crippen MR) is 163 cm³/mol. The number of rotatable bonds is 2. The van der Waals surface area contributed by atoms with E-state index in [-0.39, 0.29) is 43.3 Å². The molecule has 3 aliphatic heterocycles. The number of alkyl halides is 3. The first kappa shape index (κ1) is 31.4. The number of carbonyl (C=O) groups excluding carboxylic acids is 3. The summed E-state index contributed by atoms with van der Waals surface area (Å²) >= 11 is 0. The van der Waals surface area contributed by atoms with E-state index in [1.165, 1.54) is 23.2 Å². The lowest BCUT2D eigenvalue weighted by atomic mass is 9.99. The van der Waals surface area contributed by atoms with Crippen molar-refractivity contribution in [1.82, 2.24) is 20.5 Å². The number of hydrogen-bond acceptors (Lipinski definition) is 7. The molecular weight excluding hydrogens is 617 g/mol. The number of hydrogen-bond donors (Lipinski definition) is 2. The summed E-state index contributed by atoms with van der Waals surface area (Å²) < 4.78 is 54.4. The molecular formula is C34H29F3N4O6. The van der Waals surface area contributed by atoms with Crippen molar-refractivity contribution in [2.75, 3.05) is 19.7 Å². The number of fused-ring (bicyclic) bond motifs is 7. The minimum atomic E-state index is -4.91. The van der Waals surface area contributed by atoms with Gasteiger partial charge in [0.05, 0.1) is 11.6 Å². The van der Waals surface area contributed by atoms with Crippen LogP contribution in [-0.2, 0) is 11.3 Å². The second-order valence-electron chi connectivity index (χ2n) is 11.1. The van der Waals surface area contributed by atoms with E-state index in [9.17, 15) is 27.6 Å². The summed E-state index contributed by atoms with van der Waals surface area (Å²) in [6.45, 7) is 0.339. The molecule has 0 aliphatic carbocycles. The van der Waals surface area contributed by atoms with E-state index >= 15 is 0 Å². The normalized spacial score (nSPS) is 18.5. The second-order valence-corrected chi connectivity index (χ2v) is 11.1. The molecule has 0 radical (unpaired) electrons. The van der Waals surface area contributed by atoms with Gasteiger partial charge in [0, 0.05) is 49.6 Å². The van der Waals surface area contributed by atoms with Crippen LogP contribution in [0, 0.1) is 0 Å². The van der Waals surface area contributed by atoms with Crippen molar-refractivity contribution in [2.45, 2.75) is 31.5 Å². The summed E-state index contributed by atoms with van der Waals surface area (Å²) in [6, 6.07) is 20.0. The van der Waals surface area contributed by atoms with Crippen LogP contribution in [-0.4, -0.2) is 65.8 Å². The Kier molecular flexibility index (Phi) is 8.96. The molecule has 1 saturated heterocycles. The summed E-state index contributed by atoms with van der Waals surface area (Å²) in [4.78, 5) is 45.2. The molecule has 7 rings (SSSR count). The maximum absolute atomic E-state index is 13.6. The Morgan fingerprint density at radius 2 is 1.70 bits per heavy atom. The molecule has 1 fully saturated rings. The van der Waals surface area contributed by atoms with E-state index in [4.69, 9.17) is 9.47 Å². The smallest absolute Gasteiger partial charge is 0.488 e. The lowest BCUT2D eigenvalue weighted by molar-refractivity contribution is -0.274. The minimum Gasteiger partial charge on any atom is -0.488 e. The van der Waals surface area contributed by atoms with Crippen LogP contribution in [0.4, 0.5) is 13.2 Å². The van der Waals surface area contributed by atoms with Crippen LogP contribution in [0.3, 0.4) is 0 Å². The summed E-state index contributed by atoms with van der Waals surface area (Å²) in [6.07, 6.45) is -2.12. The molecule has 2 atom stereocenters. The van der Waals surface area contributed by atoms with Gasteiger partial charge in [-0.1, -0.05) is 30.3 Å². The van der Waals surface area contributed by atoms with Gasteiger partial charge in [-0.25, -0.2) is 0 Å². The van der Waals surface area contributed by atoms with Crippen LogP contribution >= 0.6 is 0 Å². The third-order valence-electron chi connectivity index (χ3n) is 7.71. The van der Waals surface area contributed by atoms with Gasteiger partial charge in [-0.3, -0.25) is 19.4 Å². The summed E-state index contributed by atoms with van der Waals surface area (Å²) in [5.74, 6) is -0.801. The number of benzene rings is 3. The molecule has 2 N–H and O–H groups in total. The molecule has 47 heavy (non-hydrogen) atoms. The van der Waals surface area contributed by atoms with Crippen LogP contribution < -0.4 is 24.8 Å². The van der Waals surface area contributed by atoms with Crippen molar-refractivity contribution in [3.63, 3.8) is 0 Å². The zero-order chi connectivity index (χ0) is 33.0. The minimum absolute atomic E-state index is 0.00939. The number of pyridine rings is 1. The standard InChI is InChI=1S/C34H29F3N4O6/c35-34(36,37)47-28-6-2-4-23(15-28)33(44)41-12-11-30-29(19-41)40-32(43)25-13-24(17-38-18-25)22-3-1-5-27(14-22)45-20-31(42)39-16-21-7-9-26(46-30)10-8-21/h1-10,13-15,17-18,29-30H,11-12,16,19-20H2,(H,39,42)(H,40,43)/t29-,30+/m1/s1. The van der Waals surface area contributed by atoms with Crippen molar-refractivity contribution >= 4 is 17.7 Å². The van der Waals surface area contributed by atoms with E-state index in [0.717, 1.165) is 17.7 Å². The maximum Gasteiger partial charge on any atom is 0.573 e. The fraction of sp³-hybridized carbons (Fsp3) is 0.235. The van der Waals surface area contributed by atoms with E-state index in [2.05, 4.69) is 20.4 Å². The zero-order valence-corrected chi connectivity index (χ0v) is 24.8. The average molecular weight is 647 g/mol. The van der Waals surface area contributed by atoms with Gasteiger partial charge >= 0.3 is 6.36 Å². The second kappa shape index (κ2) is 13.4. The molecule has 3 aromatic carbocycles. The number of aromatic nitrogens is 1. The van der Waals surface area contributed by atoms with Gasteiger partial charge in [0.25, 0.3) is 17.7 Å². The summed E-state index contributed by atoms with van der Waals surface area (Å²) in [7, 11) is 0. The first-order valence-corrected chi connectivity index (χ1v) is 14.8. The molecule has 13 heteroatoms. The van der Waals surface area contributed by atoms with Crippen molar-refractivity contribution in [3.05, 3.63) is 108 Å². The third-order valence-corrected chi connectivity index (χ3v) is 7.71. The topological polar surface area (TPSA) is 119 Å². The molecule has 0 unspecified atom stereocenters. The Morgan fingerprint density at radius 3 is 2.51 bits per heavy atom. The fourth-order valence-electron chi connectivity index (χ4n) is 5.40. The van der Waals surface area contributed by atoms with Crippen LogP contribution in [0.15, 0.2) is 91.3 Å². The van der Waals surface area contributed by atoms with Gasteiger partial charge < -0.3 is 29.7 Å². The first-order valence-electron chi connectivity index (χ1n) is 14.8. The van der Waals surface area contributed by atoms with Crippen LogP contribution in [0.5, 0.6) is 17.2 Å².